The van der Waals surface area contributed by atoms with Crippen LogP contribution in [0.3, 0.4) is 0 Å². The molecule has 0 aliphatic heterocycles. The molecule has 0 fully saturated rings. The monoisotopic (exact) mass is 413 g/mol. The van der Waals surface area contributed by atoms with Gasteiger partial charge in [-0.1, -0.05) is 23.7 Å². The van der Waals surface area contributed by atoms with Crippen molar-refractivity contribution in [3.05, 3.63) is 58.1 Å². The molecule has 1 amide bonds. The van der Waals surface area contributed by atoms with Crippen molar-refractivity contribution in [2.24, 2.45) is 0 Å². The van der Waals surface area contributed by atoms with E-state index in [9.17, 15) is 20.0 Å². The van der Waals surface area contributed by atoms with Gasteiger partial charge in [0.05, 0.1) is 12.6 Å². The highest BCUT2D eigenvalue weighted by Gasteiger charge is 2.13. The number of ether oxygens (including phenoxy) is 2. The van der Waals surface area contributed by atoms with Crippen molar-refractivity contribution in [3.63, 3.8) is 0 Å². The van der Waals surface area contributed by atoms with E-state index in [-0.39, 0.29) is 17.1 Å². The first-order valence-corrected chi connectivity index (χ1v) is 9.01. The highest BCUT2D eigenvalue weighted by Crippen LogP contribution is 2.29. The summed E-state index contributed by atoms with van der Waals surface area (Å²) in [6, 6.07) is 11.6. The van der Waals surface area contributed by atoms with Gasteiger partial charge < -0.3 is 24.7 Å². The second-order valence-corrected chi connectivity index (χ2v) is 6.24. The number of hydrogen-bond donors (Lipinski definition) is 1. The number of carbonyl (C=O) groups excluding carboxylic acids is 2. The van der Waals surface area contributed by atoms with E-state index in [4.69, 9.17) is 21.1 Å². The number of nitriles is 1. The number of carboxylic acid groups (broad SMARTS) is 1. The van der Waals surface area contributed by atoms with Crippen LogP contribution in [-0.4, -0.2) is 25.1 Å². The van der Waals surface area contributed by atoms with E-state index in [1.165, 1.54) is 12.1 Å². The summed E-state index contributed by atoms with van der Waals surface area (Å²) < 4.78 is 10.6. The molecule has 0 atom stereocenters. The second-order valence-electron chi connectivity index (χ2n) is 5.84. The molecule has 150 valence electrons. The van der Waals surface area contributed by atoms with Gasteiger partial charge in [-0.15, -0.1) is 0 Å². The van der Waals surface area contributed by atoms with Gasteiger partial charge in [0.15, 0.2) is 11.5 Å². The van der Waals surface area contributed by atoms with E-state index in [0.29, 0.717) is 28.4 Å². The van der Waals surface area contributed by atoms with Gasteiger partial charge in [0, 0.05) is 10.7 Å². The Hall–Kier alpha value is -3.50. The molecule has 2 aromatic carbocycles. The van der Waals surface area contributed by atoms with Crippen LogP contribution in [0.15, 0.2) is 42.0 Å². The molecule has 0 spiro atoms. The largest absolute Gasteiger partial charge is 0.546 e. The van der Waals surface area contributed by atoms with E-state index in [2.05, 4.69) is 5.32 Å². The summed E-state index contributed by atoms with van der Waals surface area (Å²) in [5, 5.41) is 23.1. The fraction of sp³-hybridized carbons (Fsp3) is 0.190. The van der Waals surface area contributed by atoms with Crippen molar-refractivity contribution in [1.82, 2.24) is 0 Å². The smallest absolute Gasteiger partial charge is 0.266 e. The molecule has 0 aliphatic rings. The zero-order chi connectivity index (χ0) is 21.4. The zero-order valence-corrected chi connectivity index (χ0v) is 16.6. The number of carbonyl (C=O) groups is 2. The average molecular weight is 414 g/mol. The third kappa shape index (κ3) is 5.99. The van der Waals surface area contributed by atoms with Gasteiger partial charge in [0.2, 0.25) is 0 Å². The molecule has 8 heteroatoms. The third-order valence-corrected chi connectivity index (χ3v) is 4.21. The molecule has 0 heterocycles. The van der Waals surface area contributed by atoms with E-state index >= 15 is 0 Å². The summed E-state index contributed by atoms with van der Waals surface area (Å²) in [7, 11) is 0. The maximum absolute atomic E-state index is 12.5. The highest BCUT2D eigenvalue weighted by atomic mass is 35.5. The highest BCUT2D eigenvalue weighted by molar-refractivity contribution is 6.31. The number of halogens is 1. The Morgan fingerprint density at radius 2 is 2.00 bits per heavy atom. The molecule has 7 nitrogen and oxygen atoms in total. The number of hydrogen-bond acceptors (Lipinski definition) is 6. The number of carboxylic acids is 1. The van der Waals surface area contributed by atoms with Gasteiger partial charge in [-0.25, -0.2) is 0 Å². The molecule has 0 unspecified atom stereocenters. The van der Waals surface area contributed by atoms with Gasteiger partial charge in [0.1, 0.15) is 18.2 Å². The van der Waals surface area contributed by atoms with Gasteiger partial charge >= 0.3 is 0 Å². The van der Waals surface area contributed by atoms with Crippen LogP contribution in [0.2, 0.25) is 5.02 Å². The van der Waals surface area contributed by atoms with Crippen molar-refractivity contribution in [2.45, 2.75) is 13.8 Å². The molecule has 0 saturated heterocycles. The molecule has 0 aromatic heterocycles. The predicted octanol–water partition coefficient (Wildman–Crippen LogP) is 2.72. The first kappa shape index (κ1) is 21.8. The van der Waals surface area contributed by atoms with E-state index in [0.717, 1.165) is 0 Å². The first-order valence-electron chi connectivity index (χ1n) is 8.63. The fourth-order valence-corrected chi connectivity index (χ4v) is 2.56. The third-order valence-electron chi connectivity index (χ3n) is 3.81. The molecule has 0 saturated carbocycles. The molecule has 2 aromatic rings. The minimum Gasteiger partial charge on any atom is -0.546 e. The standard InChI is InChI=1S/C21H19ClN2O5/c1-3-28-19-10-14(7-8-18(19)29-12-20(25)26)9-15(11-23)21(27)24-17-6-4-5-16(22)13(17)2/h4-10H,3,12H2,1-2H3,(H,24,27)(H,25,26)/p-1/b15-9+. The summed E-state index contributed by atoms with van der Waals surface area (Å²) in [6.07, 6.45) is 1.39. The molecule has 0 radical (unpaired) electrons. The Labute approximate surface area is 173 Å². The van der Waals surface area contributed by atoms with Crippen molar-refractivity contribution >= 4 is 35.2 Å². The van der Waals surface area contributed by atoms with Crippen molar-refractivity contribution in [3.8, 4) is 17.6 Å². The van der Waals surface area contributed by atoms with Crippen molar-refractivity contribution in [2.75, 3.05) is 18.5 Å². The van der Waals surface area contributed by atoms with Crippen LogP contribution in [0, 0.1) is 18.3 Å². The molecular formula is C21H18ClN2O5-. The Kier molecular flexibility index (Phi) is 7.63. The van der Waals surface area contributed by atoms with Gasteiger partial charge in [-0.3, -0.25) is 4.79 Å². The number of benzene rings is 2. The topological polar surface area (TPSA) is 111 Å². The lowest BCUT2D eigenvalue weighted by Crippen LogP contribution is -2.29. The Balaban J connectivity index is 2.28. The summed E-state index contributed by atoms with van der Waals surface area (Å²) in [5.74, 6) is -1.46. The van der Waals surface area contributed by atoms with Crippen LogP contribution < -0.4 is 19.9 Å². The van der Waals surface area contributed by atoms with E-state index in [1.54, 1.807) is 44.2 Å². The number of rotatable bonds is 8. The number of anilines is 1. The summed E-state index contributed by atoms with van der Waals surface area (Å²) in [4.78, 5) is 23.1. The lowest BCUT2D eigenvalue weighted by atomic mass is 10.1. The normalized spacial score (nSPS) is 10.8. The minimum absolute atomic E-state index is 0.129. The fourth-order valence-electron chi connectivity index (χ4n) is 2.39. The second kappa shape index (κ2) is 10.2. The predicted molar refractivity (Wildman–Crippen MR) is 107 cm³/mol. The van der Waals surface area contributed by atoms with Crippen LogP contribution in [0.4, 0.5) is 5.69 Å². The summed E-state index contributed by atoms with van der Waals surface area (Å²) in [6.45, 7) is 3.20. The quantitative estimate of drug-likeness (QED) is 0.526. The zero-order valence-electron chi connectivity index (χ0n) is 15.8. The maximum atomic E-state index is 12.5. The van der Waals surface area contributed by atoms with Crippen molar-refractivity contribution < 1.29 is 24.2 Å². The Morgan fingerprint density at radius 1 is 1.24 bits per heavy atom. The van der Waals surface area contributed by atoms with Crippen LogP contribution in [0.1, 0.15) is 18.1 Å². The molecular weight excluding hydrogens is 396 g/mol. The number of amides is 1. The summed E-state index contributed by atoms with van der Waals surface area (Å²) >= 11 is 6.05. The Bertz CT molecular complexity index is 995. The van der Waals surface area contributed by atoms with E-state index in [1.807, 2.05) is 6.07 Å². The van der Waals surface area contributed by atoms with Crippen LogP contribution in [0.5, 0.6) is 11.5 Å². The molecule has 0 aliphatic carbocycles. The SMILES string of the molecule is CCOc1cc(/C=C(\C#N)C(=O)Nc2cccc(Cl)c2C)ccc1OCC(=O)[O-]. The van der Waals surface area contributed by atoms with Gasteiger partial charge in [-0.2, -0.15) is 5.26 Å². The molecule has 1 N–H and O–H groups in total. The van der Waals surface area contributed by atoms with Crippen molar-refractivity contribution in [1.29, 1.82) is 5.26 Å². The van der Waals surface area contributed by atoms with Crippen LogP contribution >= 0.6 is 11.6 Å². The maximum Gasteiger partial charge on any atom is 0.266 e. The minimum atomic E-state index is -1.36. The number of nitrogens with one attached hydrogen (secondary N) is 1. The summed E-state index contributed by atoms with van der Waals surface area (Å²) in [5.41, 5.74) is 1.57. The molecule has 0 bridgehead atoms. The lowest BCUT2D eigenvalue weighted by Gasteiger charge is -2.13. The average Bonchev–Trinajstić information content (AvgIpc) is 2.69. The Morgan fingerprint density at radius 3 is 2.66 bits per heavy atom. The lowest BCUT2D eigenvalue weighted by molar-refractivity contribution is -0.307. The van der Waals surface area contributed by atoms with Crippen LogP contribution in [-0.2, 0) is 9.59 Å². The molecule has 29 heavy (non-hydrogen) atoms. The van der Waals surface area contributed by atoms with Gasteiger partial charge in [0.25, 0.3) is 5.91 Å². The van der Waals surface area contributed by atoms with Gasteiger partial charge in [-0.05, 0) is 55.3 Å². The number of nitrogens with zero attached hydrogens (tertiary/aromatic N) is 1. The first-order chi connectivity index (χ1) is 13.8. The van der Waals surface area contributed by atoms with Crippen LogP contribution in [0.25, 0.3) is 6.08 Å². The number of aliphatic carboxylic acids is 1. The molecule has 2 rings (SSSR count). The van der Waals surface area contributed by atoms with E-state index < -0.39 is 18.5 Å².